The predicted molar refractivity (Wildman–Crippen MR) is 81.7 cm³/mol. The van der Waals surface area contributed by atoms with Crippen LogP contribution in [0.15, 0.2) is 36.0 Å². The highest BCUT2D eigenvalue weighted by molar-refractivity contribution is 5.06. The van der Waals surface area contributed by atoms with Gasteiger partial charge in [-0.1, -0.05) is 43.2 Å². The van der Waals surface area contributed by atoms with E-state index < -0.39 is 5.60 Å². The van der Waals surface area contributed by atoms with Crippen molar-refractivity contribution in [3.63, 3.8) is 0 Å². The zero-order valence-corrected chi connectivity index (χ0v) is 12.6. The first-order chi connectivity index (χ1) is 8.45. The first kappa shape index (κ1) is 17.2. The number of hydrogen-bond donors (Lipinski definition) is 1. The van der Waals surface area contributed by atoms with Gasteiger partial charge in [0.25, 0.3) is 0 Å². The molecule has 0 rings (SSSR count). The van der Waals surface area contributed by atoms with Gasteiger partial charge in [-0.15, -0.1) is 6.58 Å². The van der Waals surface area contributed by atoms with Crippen LogP contribution < -0.4 is 0 Å². The lowest BCUT2D eigenvalue weighted by molar-refractivity contribution is 0.103. The summed E-state index contributed by atoms with van der Waals surface area (Å²) in [5.41, 5.74) is 2.24. The van der Waals surface area contributed by atoms with Crippen LogP contribution in [-0.2, 0) is 0 Å². The molecule has 0 fully saturated rings. The fourth-order valence-corrected chi connectivity index (χ4v) is 1.74. The van der Waals surface area contributed by atoms with Crippen molar-refractivity contribution in [2.75, 3.05) is 0 Å². The Bertz CT molecular complexity index is 295. The maximum Gasteiger partial charge on any atom is 0.0800 e. The summed E-state index contributed by atoms with van der Waals surface area (Å²) in [5, 5.41) is 9.83. The van der Waals surface area contributed by atoms with Gasteiger partial charge < -0.3 is 5.11 Å². The highest BCUT2D eigenvalue weighted by Gasteiger charge is 2.13. The molecule has 0 radical (unpaired) electrons. The van der Waals surface area contributed by atoms with Gasteiger partial charge in [0.2, 0.25) is 0 Å². The van der Waals surface area contributed by atoms with E-state index in [4.69, 9.17) is 0 Å². The monoisotopic (exact) mass is 250 g/mol. The molecule has 18 heavy (non-hydrogen) atoms. The summed E-state index contributed by atoms with van der Waals surface area (Å²) < 4.78 is 0. The van der Waals surface area contributed by atoms with Gasteiger partial charge in [-0.3, -0.25) is 0 Å². The largest absolute Gasteiger partial charge is 0.386 e. The fraction of sp³-hybridized carbons (Fsp3) is 0.647. The molecular weight excluding hydrogens is 220 g/mol. The van der Waals surface area contributed by atoms with Crippen molar-refractivity contribution < 1.29 is 5.11 Å². The van der Waals surface area contributed by atoms with Crippen LogP contribution in [0.1, 0.15) is 66.2 Å². The third-order valence-electron chi connectivity index (χ3n) is 3.49. The van der Waals surface area contributed by atoms with E-state index in [0.717, 1.165) is 38.5 Å². The Kier molecular flexibility index (Phi) is 8.74. The van der Waals surface area contributed by atoms with Crippen molar-refractivity contribution in [3.05, 3.63) is 36.0 Å². The summed E-state index contributed by atoms with van der Waals surface area (Å²) in [4.78, 5) is 0. The Morgan fingerprint density at radius 1 is 1.17 bits per heavy atom. The molecule has 0 spiro atoms. The number of aliphatic hydroxyl groups is 1. The first-order valence-electron chi connectivity index (χ1n) is 7.14. The standard InChI is InChI=1S/C17H30O/c1-6-15(4)11-9-12-16(7-2)13-10-14-17(5,18)8-3/h8,11,13,18H,3,6-7,9-10,12,14H2,1-2,4-5H3. The Labute approximate surface area is 113 Å². The molecule has 104 valence electrons. The Balaban J connectivity index is 4.13. The smallest absolute Gasteiger partial charge is 0.0800 e. The molecule has 0 aliphatic heterocycles. The third kappa shape index (κ3) is 8.30. The minimum absolute atomic E-state index is 0.728. The normalized spacial score (nSPS) is 16.5. The molecule has 0 aromatic heterocycles. The van der Waals surface area contributed by atoms with Crippen molar-refractivity contribution in [1.29, 1.82) is 0 Å². The molecule has 0 aromatic rings. The van der Waals surface area contributed by atoms with Crippen LogP contribution in [0.25, 0.3) is 0 Å². The summed E-state index contributed by atoms with van der Waals surface area (Å²) in [7, 11) is 0. The van der Waals surface area contributed by atoms with E-state index in [0.29, 0.717) is 0 Å². The number of allylic oxidation sites excluding steroid dienone is 4. The van der Waals surface area contributed by atoms with Crippen LogP contribution in [0, 0.1) is 0 Å². The Morgan fingerprint density at radius 3 is 2.33 bits per heavy atom. The Hall–Kier alpha value is -0.820. The summed E-state index contributed by atoms with van der Waals surface area (Å²) in [5.74, 6) is 0. The van der Waals surface area contributed by atoms with Crippen LogP contribution in [0.4, 0.5) is 0 Å². The molecule has 0 saturated heterocycles. The molecule has 0 saturated carbocycles. The summed E-state index contributed by atoms with van der Waals surface area (Å²) >= 11 is 0. The van der Waals surface area contributed by atoms with E-state index in [1.165, 1.54) is 11.1 Å². The quantitative estimate of drug-likeness (QED) is 0.559. The second-order valence-corrected chi connectivity index (χ2v) is 5.26. The molecule has 0 bridgehead atoms. The van der Waals surface area contributed by atoms with Gasteiger partial charge in [0.15, 0.2) is 0 Å². The van der Waals surface area contributed by atoms with Crippen LogP contribution in [0.3, 0.4) is 0 Å². The van der Waals surface area contributed by atoms with E-state index in [2.05, 4.69) is 39.5 Å². The molecule has 1 nitrogen and oxygen atoms in total. The highest BCUT2D eigenvalue weighted by Crippen LogP contribution is 2.17. The van der Waals surface area contributed by atoms with Crippen LogP contribution in [0.2, 0.25) is 0 Å². The molecular formula is C17H30O. The van der Waals surface area contributed by atoms with Crippen molar-refractivity contribution in [3.8, 4) is 0 Å². The van der Waals surface area contributed by atoms with Gasteiger partial charge in [0.05, 0.1) is 5.60 Å². The SMILES string of the molecule is C=CC(C)(O)CCC=C(CC)CCC=C(C)CC. The maximum absolute atomic E-state index is 9.83. The molecule has 0 amide bonds. The molecule has 1 unspecified atom stereocenters. The van der Waals surface area contributed by atoms with Gasteiger partial charge in [-0.2, -0.15) is 0 Å². The lowest BCUT2D eigenvalue weighted by Crippen LogP contribution is -2.19. The molecule has 0 heterocycles. The molecule has 0 aromatic carbocycles. The average molecular weight is 250 g/mol. The second-order valence-electron chi connectivity index (χ2n) is 5.26. The van der Waals surface area contributed by atoms with Gasteiger partial charge in [0, 0.05) is 0 Å². The van der Waals surface area contributed by atoms with E-state index in [1.54, 1.807) is 6.08 Å². The molecule has 1 heteroatoms. The molecule has 1 N–H and O–H groups in total. The van der Waals surface area contributed by atoms with Crippen LogP contribution in [-0.4, -0.2) is 10.7 Å². The van der Waals surface area contributed by atoms with Crippen LogP contribution in [0.5, 0.6) is 0 Å². The minimum atomic E-state index is -0.728. The molecule has 0 aliphatic carbocycles. The Morgan fingerprint density at radius 2 is 1.83 bits per heavy atom. The van der Waals surface area contributed by atoms with Crippen molar-refractivity contribution in [2.45, 2.75) is 71.8 Å². The zero-order chi connectivity index (χ0) is 14.0. The first-order valence-corrected chi connectivity index (χ1v) is 7.14. The van der Waals surface area contributed by atoms with Crippen molar-refractivity contribution in [1.82, 2.24) is 0 Å². The van der Waals surface area contributed by atoms with Crippen LogP contribution >= 0.6 is 0 Å². The minimum Gasteiger partial charge on any atom is -0.386 e. The topological polar surface area (TPSA) is 20.2 Å². The fourth-order valence-electron chi connectivity index (χ4n) is 1.74. The predicted octanol–water partition coefficient (Wildman–Crippen LogP) is 5.18. The average Bonchev–Trinajstić information content (AvgIpc) is 2.36. The highest BCUT2D eigenvalue weighted by atomic mass is 16.3. The zero-order valence-electron chi connectivity index (χ0n) is 12.6. The molecule has 0 aliphatic rings. The molecule has 1 atom stereocenters. The van der Waals surface area contributed by atoms with Crippen molar-refractivity contribution in [2.24, 2.45) is 0 Å². The van der Waals surface area contributed by atoms with Gasteiger partial charge in [-0.05, 0) is 52.4 Å². The van der Waals surface area contributed by atoms with Gasteiger partial charge in [-0.25, -0.2) is 0 Å². The summed E-state index contributed by atoms with van der Waals surface area (Å²) in [6.07, 6.45) is 12.5. The van der Waals surface area contributed by atoms with Gasteiger partial charge >= 0.3 is 0 Å². The van der Waals surface area contributed by atoms with Crippen molar-refractivity contribution >= 4 is 0 Å². The van der Waals surface area contributed by atoms with E-state index in [-0.39, 0.29) is 0 Å². The van der Waals surface area contributed by atoms with E-state index >= 15 is 0 Å². The van der Waals surface area contributed by atoms with E-state index in [1.807, 2.05) is 6.92 Å². The maximum atomic E-state index is 9.83. The lowest BCUT2D eigenvalue weighted by atomic mass is 9.98. The van der Waals surface area contributed by atoms with E-state index in [9.17, 15) is 5.11 Å². The third-order valence-corrected chi connectivity index (χ3v) is 3.49. The second kappa shape index (κ2) is 9.16. The van der Waals surface area contributed by atoms with Gasteiger partial charge in [0.1, 0.15) is 0 Å². The number of hydrogen-bond acceptors (Lipinski definition) is 1. The summed E-state index contributed by atoms with van der Waals surface area (Å²) in [6.45, 7) is 12.1. The number of rotatable bonds is 9. The lowest BCUT2D eigenvalue weighted by Gasteiger charge is -2.17. The summed E-state index contributed by atoms with van der Waals surface area (Å²) in [6, 6.07) is 0.